The fourth-order valence-corrected chi connectivity index (χ4v) is 2.52. The van der Waals surface area contributed by atoms with Crippen LogP contribution < -0.4 is 10.4 Å². The summed E-state index contributed by atoms with van der Waals surface area (Å²) in [4.78, 5) is 64.0. The number of nitrogens with zero attached hydrogens (tertiary/aromatic N) is 3. The number of hydrogen-bond donors (Lipinski definition) is 0. The summed E-state index contributed by atoms with van der Waals surface area (Å²) in [5.41, 5.74) is -1.89. The molecule has 27 heavy (non-hydrogen) atoms. The van der Waals surface area contributed by atoms with Crippen LogP contribution in [0.1, 0.15) is 45.2 Å². The number of imidazole rings is 1. The summed E-state index contributed by atoms with van der Waals surface area (Å²) in [6, 6.07) is 5.75. The number of rotatable bonds is 6. The normalized spacial score (nSPS) is 10.3. The Hall–Kier alpha value is -3.76. The number of carbonyl (C=O) groups excluding carboxylic acids is 3. The maximum absolute atomic E-state index is 12.9. The largest absolute Gasteiger partial charge is 0.497 e. The summed E-state index contributed by atoms with van der Waals surface area (Å²) in [6.07, 6.45) is 0. The van der Waals surface area contributed by atoms with E-state index in [4.69, 9.17) is 4.74 Å². The average molecular weight is 377 g/mol. The molecule has 1 heterocycles. The highest BCUT2D eigenvalue weighted by molar-refractivity contribution is 6.10. The number of hydrogen-bond acceptors (Lipinski definition) is 8. The first-order valence-electron chi connectivity index (χ1n) is 7.53. The van der Waals surface area contributed by atoms with Crippen LogP contribution in [0.25, 0.3) is 0 Å². The molecule has 1 aromatic carbocycles. The lowest BCUT2D eigenvalue weighted by Crippen LogP contribution is -2.31. The van der Waals surface area contributed by atoms with Crippen molar-refractivity contribution in [3.05, 3.63) is 61.8 Å². The summed E-state index contributed by atoms with van der Waals surface area (Å²) in [5.74, 6) is -1.98. The van der Waals surface area contributed by atoms with E-state index < -0.39 is 40.7 Å². The van der Waals surface area contributed by atoms with Crippen molar-refractivity contribution in [1.82, 2.24) is 9.13 Å². The summed E-state index contributed by atoms with van der Waals surface area (Å²) >= 11 is 0. The van der Waals surface area contributed by atoms with Crippen LogP contribution >= 0.6 is 0 Å². The van der Waals surface area contributed by atoms with Gasteiger partial charge in [-0.15, -0.1) is 10.1 Å². The van der Waals surface area contributed by atoms with Gasteiger partial charge < -0.3 is 9.57 Å². The fourth-order valence-electron chi connectivity index (χ4n) is 2.52. The van der Waals surface area contributed by atoms with E-state index in [9.17, 15) is 29.3 Å². The number of benzene rings is 1. The second-order valence-electron chi connectivity index (χ2n) is 5.34. The van der Waals surface area contributed by atoms with Crippen LogP contribution in [0, 0.1) is 10.1 Å². The Kier molecular flexibility index (Phi) is 5.54. The van der Waals surface area contributed by atoms with Gasteiger partial charge in [0.1, 0.15) is 18.1 Å². The van der Waals surface area contributed by atoms with Crippen molar-refractivity contribution < 1.29 is 29.0 Å². The molecule has 0 saturated carbocycles. The zero-order valence-corrected chi connectivity index (χ0v) is 14.6. The van der Waals surface area contributed by atoms with E-state index in [0.717, 1.165) is 13.8 Å². The van der Waals surface area contributed by atoms with E-state index in [1.807, 2.05) is 0 Å². The molecule has 0 unspecified atom stereocenters. The van der Waals surface area contributed by atoms with Crippen LogP contribution in [0.4, 0.5) is 0 Å². The van der Waals surface area contributed by atoms with E-state index in [1.54, 1.807) is 0 Å². The van der Waals surface area contributed by atoms with Gasteiger partial charge >= 0.3 is 5.69 Å². The summed E-state index contributed by atoms with van der Waals surface area (Å²) in [6.45, 7) is 1.18. The van der Waals surface area contributed by atoms with Crippen LogP contribution in [-0.2, 0) is 11.4 Å². The predicted octanol–water partition coefficient (Wildman–Crippen LogP) is 0.918. The van der Waals surface area contributed by atoms with E-state index in [-0.39, 0.29) is 11.3 Å². The molecule has 0 bridgehead atoms. The van der Waals surface area contributed by atoms with Gasteiger partial charge in [0.25, 0.3) is 5.09 Å². The molecule has 0 atom stereocenters. The molecule has 0 spiro atoms. The Labute approximate surface area is 151 Å². The molecule has 11 nitrogen and oxygen atoms in total. The molecule has 0 aliphatic carbocycles. The lowest BCUT2D eigenvalue weighted by molar-refractivity contribution is -0.763. The number of ether oxygens (including phenoxy) is 1. The molecule has 0 aliphatic heterocycles. The van der Waals surface area contributed by atoms with Gasteiger partial charge in [0.2, 0.25) is 17.6 Å². The molecule has 0 saturated heterocycles. The van der Waals surface area contributed by atoms with Gasteiger partial charge in [0.05, 0.1) is 12.8 Å². The van der Waals surface area contributed by atoms with Gasteiger partial charge in [-0.3, -0.25) is 14.4 Å². The molecule has 2 rings (SSSR count). The molecule has 0 amide bonds. The van der Waals surface area contributed by atoms with E-state index >= 15 is 0 Å². The molecule has 0 N–H and O–H groups in total. The second kappa shape index (κ2) is 7.64. The summed E-state index contributed by atoms with van der Waals surface area (Å²) in [7, 11) is 1.43. The highest BCUT2D eigenvalue weighted by Crippen LogP contribution is 2.18. The monoisotopic (exact) mass is 377 g/mol. The molecule has 0 radical (unpaired) electrons. The van der Waals surface area contributed by atoms with Crippen molar-refractivity contribution in [3.63, 3.8) is 0 Å². The first-order chi connectivity index (χ1) is 12.7. The van der Waals surface area contributed by atoms with Crippen molar-refractivity contribution in [2.75, 3.05) is 7.11 Å². The standard InChI is InChI=1S/C16H15N3O8/c1-9(20)17-13(8-27-19(24)25)14(18(10(2)21)16(17)23)15(22)11-4-6-12(26-3)7-5-11/h4-7H,8H2,1-3H3. The van der Waals surface area contributed by atoms with Crippen molar-refractivity contribution in [2.24, 2.45) is 0 Å². The molecule has 11 heteroatoms. The number of ketones is 1. The molecule has 0 fully saturated rings. The molecule has 2 aromatic rings. The molecule has 142 valence electrons. The second-order valence-corrected chi connectivity index (χ2v) is 5.34. The number of carbonyl (C=O) groups is 3. The fraction of sp³-hybridized carbons (Fsp3) is 0.250. The van der Waals surface area contributed by atoms with Crippen LogP contribution in [0.3, 0.4) is 0 Å². The lowest BCUT2D eigenvalue weighted by Gasteiger charge is -2.08. The Morgan fingerprint density at radius 3 is 2.07 bits per heavy atom. The number of methoxy groups -OCH3 is 1. The Morgan fingerprint density at radius 1 is 1.07 bits per heavy atom. The van der Waals surface area contributed by atoms with Crippen LogP contribution in [0.5, 0.6) is 5.75 Å². The van der Waals surface area contributed by atoms with Gasteiger partial charge in [-0.2, -0.15) is 0 Å². The van der Waals surface area contributed by atoms with Crippen LogP contribution in [0.2, 0.25) is 0 Å². The minimum atomic E-state index is -1.14. The molecular formula is C16H15N3O8. The predicted molar refractivity (Wildman–Crippen MR) is 89.5 cm³/mol. The Balaban J connectivity index is 2.73. The Morgan fingerprint density at radius 2 is 1.63 bits per heavy atom. The Bertz CT molecular complexity index is 984. The highest BCUT2D eigenvalue weighted by atomic mass is 16.9. The average Bonchev–Trinajstić information content (AvgIpc) is 2.91. The van der Waals surface area contributed by atoms with Gasteiger partial charge in [-0.1, -0.05) is 0 Å². The van der Waals surface area contributed by atoms with Crippen LogP contribution in [0.15, 0.2) is 29.1 Å². The zero-order chi connectivity index (χ0) is 20.3. The third kappa shape index (κ3) is 3.76. The van der Waals surface area contributed by atoms with Gasteiger partial charge in [0, 0.05) is 19.4 Å². The van der Waals surface area contributed by atoms with Crippen molar-refractivity contribution in [3.8, 4) is 5.75 Å². The van der Waals surface area contributed by atoms with Crippen LogP contribution in [-0.4, -0.2) is 38.9 Å². The van der Waals surface area contributed by atoms with Crippen molar-refractivity contribution in [2.45, 2.75) is 20.5 Å². The quantitative estimate of drug-likeness (QED) is 0.411. The third-order valence-corrected chi connectivity index (χ3v) is 3.65. The van der Waals surface area contributed by atoms with Gasteiger partial charge in [0.15, 0.2) is 0 Å². The minimum absolute atomic E-state index is 0.0776. The maximum atomic E-state index is 12.9. The minimum Gasteiger partial charge on any atom is -0.497 e. The van der Waals surface area contributed by atoms with Gasteiger partial charge in [-0.25, -0.2) is 13.9 Å². The van der Waals surface area contributed by atoms with E-state index in [1.165, 1.54) is 31.4 Å². The van der Waals surface area contributed by atoms with E-state index in [0.29, 0.717) is 14.9 Å². The van der Waals surface area contributed by atoms with Crippen molar-refractivity contribution >= 4 is 17.6 Å². The molecule has 0 aliphatic rings. The summed E-state index contributed by atoms with van der Waals surface area (Å²) < 4.78 is 5.99. The molecule has 1 aromatic heterocycles. The number of aromatic nitrogens is 2. The zero-order valence-electron chi connectivity index (χ0n) is 14.6. The topological polar surface area (TPSA) is 140 Å². The molecular weight excluding hydrogens is 362 g/mol. The SMILES string of the molecule is COc1ccc(C(=O)c2c(CO[N+](=O)[O-])n(C(C)=O)c(=O)n2C(C)=O)cc1. The summed E-state index contributed by atoms with van der Waals surface area (Å²) in [5, 5.41) is 9.40. The first-order valence-corrected chi connectivity index (χ1v) is 7.53. The van der Waals surface area contributed by atoms with E-state index in [2.05, 4.69) is 4.84 Å². The highest BCUT2D eigenvalue weighted by Gasteiger charge is 2.30. The third-order valence-electron chi connectivity index (χ3n) is 3.65. The van der Waals surface area contributed by atoms with Crippen molar-refractivity contribution in [1.29, 1.82) is 0 Å². The smallest absolute Gasteiger partial charge is 0.342 e. The maximum Gasteiger partial charge on any atom is 0.342 e. The first kappa shape index (κ1) is 19.6. The van der Waals surface area contributed by atoms with Gasteiger partial charge in [-0.05, 0) is 24.3 Å². The lowest BCUT2D eigenvalue weighted by atomic mass is 10.1.